The number of carboxylic acid groups (broad SMARTS) is 1. The van der Waals surface area contributed by atoms with Crippen LogP contribution in [0.4, 0.5) is 11.4 Å². The summed E-state index contributed by atoms with van der Waals surface area (Å²) < 4.78 is 6.72. The summed E-state index contributed by atoms with van der Waals surface area (Å²) in [4.78, 5) is 13.6. The fourth-order valence-electron chi connectivity index (χ4n) is 7.59. The number of carbonyl (C=O) groups is 1. The van der Waals surface area contributed by atoms with Gasteiger partial charge in [-0.3, -0.25) is 0 Å². The predicted molar refractivity (Wildman–Crippen MR) is 223 cm³/mol. The normalized spacial score (nSPS) is 12.0. The molecule has 0 saturated heterocycles. The molecule has 0 bridgehead atoms. The zero-order valence-electron chi connectivity index (χ0n) is 28.4. The Kier molecular flexibility index (Phi) is 7.31. The summed E-state index contributed by atoms with van der Waals surface area (Å²) in [5.74, 6) is -0.258. The van der Waals surface area contributed by atoms with Crippen LogP contribution < -0.4 is 10.6 Å². The molecule has 1 atom stereocenters. The molecule has 250 valence electrons. The lowest BCUT2D eigenvalue weighted by atomic mass is 9.91. The molecule has 1 heterocycles. The van der Waals surface area contributed by atoms with Gasteiger partial charge in [-0.05, 0) is 134 Å². The van der Waals surface area contributed by atoms with Gasteiger partial charge in [-0.2, -0.15) is 0 Å². The van der Waals surface area contributed by atoms with Crippen molar-refractivity contribution in [3.8, 4) is 22.5 Å². The summed E-state index contributed by atoms with van der Waals surface area (Å²) in [6.07, 6.45) is 0. The first-order valence-corrected chi connectivity index (χ1v) is 18.6. The molecule has 8 aromatic carbocycles. The van der Waals surface area contributed by atoms with Crippen LogP contribution >= 0.6 is 8.20 Å². The van der Waals surface area contributed by atoms with Crippen molar-refractivity contribution in [2.24, 2.45) is 0 Å². The first-order valence-electron chi connectivity index (χ1n) is 17.6. The molecule has 8 aromatic rings. The van der Waals surface area contributed by atoms with E-state index in [1.54, 1.807) is 12.1 Å². The molecule has 0 spiro atoms. The van der Waals surface area contributed by atoms with Crippen LogP contribution in [0.5, 0.6) is 0 Å². The summed E-state index contributed by atoms with van der Waals surface area (Å²) in [7, 11) is 0.412. The topological polar surface area (TPSA) is 62.5 Å². The number of fused-ring (bicyclic) bond motifs is 6. The van der Waals surface area contributed by atoms with E-state index in [1.807, 2.05) is 30.3 Å². The van der Waals surface area contributed by atoms with Crippen LogP contribution in [-0.2, 0) is 0 Å². The van der Waals surface area contributed by atoms with E-state index in [9.17, 15) is 9.90 Å². The molecule has 5 heteroatoms. The maximum atomic E-state index is 12.5. The van der Waals surface area contributed by atoms with E-state index in [1.165, 1.54) is 43.0 Å². The fourth-order valence-corrected chi connectivity index (χ4v) is 8.69. The van der Waals surface area contributed by atoms with Crippen LogP contribution in [0.15, 0.2) is 174 Å². The van der Waals surface area contributed by atoms with Crippen molar-refractivity contribution in [1.82, 2.24) is 0 Å². The van der Waals surface area contributed by atoms with Gasteiger partial charge in [0.05, 0.1) is 5.56 Å². The average molecular weight is 701 g/mol. The Morgan fingerprint density at radius 3 is 1.81 bits per heavy atom. The summed E-state index contributed by atoms with van der Waals surface area (Å²) in [6, 6.07) is 58.5. The molecule has 0 radical (unpaired) electrons. The minimum absolute atomic E-state index is 0.252. The Labute approximate surface area is 306 Å². The highest BCUT2D eigenvalue weighted by atomic mass is 31.1. The van der Waals surface area contributed by atoms with Gasteiger partial charge < -0.3 is 14.8 Å². The van der Waals surface area contributed by atoms with Gasteiger partial charge in [0.2, 0.25) is 0 Å². The molecule has 2 aliphatic rings. The maximum Gasteiger partial charge on any atom is 0.336 e. The molecule has 4 nitrogen and oxygen atoms in total. The van der Waals surface area contributed by atoms with E-state index >= 15 is 0 Å². The number of anilines is 2. The Morgan fingerprint density at radius 1 is 0.509 bits per heavy atom. The highest BCUT2D eigenvalue weighted by molar-refractivity contribution is 7.39. The van der Waals surface area contributed by atoms with Gasteiger partial charge in [0.1, 0.15) is 24.9 Å². The molecule has 1 unspecified atom stereocenters. The van der Waals surface area contributed by atoms with Crippen molar-refractivity contribution in [2.45, 2.75) is 0 Å². The lowest BCUT2D eigenvalue weighted by Gasteiger charge is -2.17. The fraction of sp³-hybridized carbons (Fsp3) is 0. The third-order valence-electron chi connectivity index (χ3n) is 10.1. The first kappa shape index (κ1) is 31.0. The van der Waals surface area contributed by atoms with Gasteiger partial charge in [0.25, 0.3) is 0 Å². The highest BCUT2D eigenvalue weighted by Gasteiger charge is 2.22. The van der Waals surface area contributed by atoms with E-state index in [0.29, 0.717) is 25.1 Å². The van der Waals surface area contributed by atoms with Crippen LogP contribution in [0.1, 0.15) is 10.4 Å². The molecule has 0 saturated carbocycles. The standard InChI is InChI=1S/C48H30NO3P/c50-48(51)42-12-6-5-11-41(42)47-43-19-16-38(49-37-15-13-33-21-29-7-1-3-9-31(29)23-35(33)25-37)27-45(43)52-46-28-40(18-20-44(46)47)53-39-17-14-34-22-30-8-2-4-10-32(30)24-36(34)26-39/h1-28,49H,(H,50,51)/p+1. The Bertz CT molecular complexity index is 3140. The summed E-state index contributed by atoms with van der Waals surface area (Å²) in [6.45, 7) is 0. The monoisotopic (exact) mass is 700 g/mol. The lowest BCUT2D eigenvalue weighted by molar-refractivity contribution is 0.0697. The van der Waals surface area contributed by atoms with Gasteiger partial charge in [-0.25, -0.2) is 4.79 Å². The first-order chi connectivity index (χ1) is 26.0. The molecule has 2 N–H and O–H groups in total. The lowest BCUT2D eigenvalue weighted by Crippen LogP contribution is -2.01. The molecule has 1 aliphatic carbocycles. The molecule has 0 amide bonds. The van der Waals surface area contributed by atoms with Crippen LogP contribution in [0, 0.1) is 4.94 Å². The van der Waals surface area contributed by atoms with E-state index in [0.717, 1.165) is 38.2 Å². The van der Waals surface area contributed by atoms with Gasteiger partial charge >= 0.3 is 5.97 Å². The number of hydrogen-bond acceptors (Lipinski definition) is 3. The van der Waals surface area contributed by atoms with Gasteiger partial charge in [0, 0.05) is 40.0 Å². The van der Waals surface area contributed by atoms with Gasteiger partial charge in [-0.1, -0.05) is 72.8 Å². The Balaban J connectivity index is 1.11. The number of rotatable bonds is 5. The van der Waals surface area contributed by atoms with E-state index < -0.39 is 5.97 Å². The molecular weight excluding hydrogens is 670 g/mol. The molecule has 0 aromatic heterocycles. The number of aromatic carboxylic acids is 1. The third kappa shape index (κ3) is 5.67. The quantitative estimate of drug-likeness (QED) is 0.139. The smallest absolute Gasteiger partial charge is 0.336 e. The largest absolute Gasteiger partial charge is 0.478 e. The summed E-state index contributed by atoms with van der Waals surface area (Å²) >= 11 is 0. The number of benzene rings is 9. The molecular formula is C48H31NO3P+. The minimum atomic E-state index is -0.966. The van der Waals surface area contributed by atoms with Crippen LogP contribution in [0.2, 0.25) is 0 Å². The van der Waals surface area contributed by atoms with E-state index in [-0.39, 0.29) is 5.56 Å². The number of carboxylic acids is 1. The number of hydrogen-bond donors (Lipinski definition) is 2. The third-order valence-corrected chi connectivity index (χ3v) is 11.3. The highest BCUT2D eigenvalue weighted by Crippen LogP contribution is 2.43. The minimum Gasteiger partial charge on any atom is -0.478 e. The van der Waals surface area contributed by atoms with Crippen molar-refractivity contribution >= 4 is 84.9 Å². The van der Waals surface area contributed by atoms with Crippen molar-refractivity contribution in [3.63, 3.8) is 0 Å². The van der Waals surface area contributed by atoms with Crippen LogP contribution in [0.3, 0.4) is 0 Å². The van der Waals surface area contributed by atoms with Gasteiger partial charge in [-0.15, -0.1) is 0 Å². The van der Waals surface area contributed by atoms with Crippen molar-refractivity contribution in [1.29, 1.82) is 0 Å². The zero-order chi connectivity index (χ0) is 35.5. The van der Waals surface area contributed by atoms with E-state index in [4.69, 9.17) is 4.42 Å². The Hall–Kier alpha value is -6.74. The Morgan fingerprint density at radius 2 is 1.09 bits per heavy atom. The van der Waals surface area contributed by atoms with Crippen molar-refractivity contribution in [3.05, 3.63) is 180 Å². The second kappa shape index (κ2) is 12.5. The average Bonchev–Trinajstić information content (AvgIpc) is 3.18. The predicted octanol–water partition coefficient (Wildman–Crippen LogP) is 12.8. The van der Waals surface area contributed by atoms with Crippen molar-refractivity contribution in [2.75, 3.05) is 5.32 Å². The summed E-state index contributed by atoms with van der Waals surface area (Å²) in [5.41, 5.74) is 5.13. The van der Waals surface area contributed by atoms with Crippen LogP contribution in [0.25, 0.3) is 76.5 Å². The molecule has 10 rings (SSSR count). The van der Waals surface area contributed by atoms with Crippen LogP contribution in [-0.4, -0.2) is 11.1 Å². The van der Waals surface area contributed by atoms with E-state index in [2.05, 4.69) is 133 Å². The maximum absolute atomic E-state index is 12.5. The molecule has 53 heavy (non-hydrogen) atoms. The SMILES string of the molecule is O=C(O)c1ccccc1-c1c2ccc(=[PH+]c3ccc4cc5ccccc5cc4c3)cc-2oc2cc(Nc3ccc4cc5ccccc5cc4c3)ccc12. The molecule has 1 aliphatic heterocycles. The zero-order valence-corrected chi connectivity index (χ0v) is 29.4. The number of nitrogens with one attached hydrogen (secondary N) is 1. The second-order valence-electron chi connectivity index (χ2n) is 13.5. The van der Waals surface area contributed by atoms with Gasteiger partial charge in [0.15, 0.2) is 4.94 Å². The van der Waals surface area contributed by atoms with Crippen molar-refractivity contribution < 1.29 is 14.3 Å². The second-order valence-corrected chi connectivity index (χ2v) is 14.9. The summed E-state index contributed by atoms with van der Waals surface area (Å²) in [5, 5.41) is 25.6. The molecule has 0 fully saturated rings.